The number of thiazole rings is 1. The van der Waals surface area contributed by atoms with E-state index < -0.39 is 21.8 Å². The van der Waals surface area contributed by atoms with Crippen molar-refractivity contribution < 1.29 is 22.2 Å². The third-order valence-corrected chi connectivity index (χ3v) is 7.94. The number of fused-ring (bicyclic) bond motifs is 1. The maximum Gasteiger partial charge on any atom is 0.474 e. The number of amides is 1. The van der Waals surface area contributed by atoms with Crippen molar-refractivity contribution in [1.29, 1.82) is 0 Å². The minimum Gasteiger partial charge on any atom is -0.338 e. The minimum absolute atomic E-state index is 0.131. The topological polar surface area (TPSA) is 91.7 Å². The standard InChI is InChI=1S/C20H21F3N6O2S2/c1-13(14-3-4-17-16(9-14)26-12-32-17)28-5-7-29(8-6-28)19-24-10-15(11-25-19)33(2,31)27-18(30)20(21,22)23/h3-4,9-13H,5-8H2,1-2H3/t13-,33?/m1/s1. The highest BCUT2D eigenvalue weighted by atomic mass is 32.2. The second-order valence-electron chi connectivity index (χ2n) is 7.69. The molecule has 33 heavy (non-hydrogen) atoms. The Bertz CT molecular complexity index is 1280. The Kier molecular flexibility index (Phi) is 6.38. The van der Waals surface area contributed by atoms with E-state index in [2.05, 4.69) is 49.3 Å². The van der Waals surface area contributed by atoms with Crippen molar-refractivity contribution in [3.8, 4) is 0 Å². The smallest absolute Gasteiger partial charge is 0.338 e. The van der Waals surface area contributed by atoms with E-state index in [0.29, 0.717) is 19.0 Å². The predicted molar refractivity (Wildman–Crippen MR) is 120 cm³/mol. The molecule has 3 heterocycles. The first-order valence-electron chi connectivity index (χ1n) is 10.0. The van der Waals surface area contributed by atoms with Crippen LogP contribution >= 0.6 is 11.3 Å². The molecule has 1 aliphatic heterocycles. The van der Waals surface area contributed by atoms with Crippen molar-refractivity contribution in [2.24, 2.45) is 4.36 Å². The fourth-order valence-electron chi connectivity index (χ4n) is 3.59. The Labute approximate surface area is 192 Å². The third-order valence-electron chi connectivity index (χ3n) is 5.53. The molecule has 1 aliphatic rings. The first-order chi connectivity index (χ1) is 15.5. The van der Waals surface area contributed by atoms with Crippen LogP contribution < -0.4 is 4.90 Å². The largest absolute Gasteiger partial charge is 0.474 e. The fraction of sp³-hybridized carbons (Fsp3) is 0.400. The zero-order valence-corrected chi connectivity index (χ0v) is 19.5. The molecule has 8 nitrogen and oxygen atoms in total. The molecule has 0 bridgehead atoms. The summed E-state index contributed by atoms with van der Waals surface area (Å²) in [6, 6.07) is 6.53. The first-order valence-corrected chi connectivity index (χ1v) is 12.8. The number of benzene rings is 1. The lowest BCUT2D eigenvalue weighted by atomic mass is 10.1. The van der Waals surface area contributed by atoms with Gasteiger partial charge in [-0.3, -0.25) is 9.69 Å². The summed E-state index contributed by atoms with van der Waals surface area (Å²) in [5, 5.41) is 0. The maximum absolute atomic E-state index is 12.5. The number of carbonyl (C=O) groups excluding carboxylic acids is 1. The van der Waals surface area contributed by atoms with Gasteiger partial charge in [-0.05, 0) is 24.6 Å². The second-order valence-corrected chi connectivity index (χ2v) is 10.8. The van der Waals surface area contributed by atoms with Crippen LogP contribution in [0.5, 0.6) is 0 Å². The van der Waals surface area contributed by atoms with Gasteiger partial charge in [0, 0.05) is 50.9 Å². The lowest BCUT2D eigenvalue weighted by Crippen LogP contribution is -2.47. The average molecular weight is 499 g/mol. The number of hydrogen-bond donors (Lipinski definition) is 0. The number of aromatic nitrogens is 3. The normalized spacial score (nSPS) is 18.2. The van der Waals surface area contributed by atoms with Crippen LogP contribution in [0.25, 0.3) is 10.2 Å². The van der Waals surface area contributed by atoms with Gasteiger partial charge in [-0.1, -0.05) is 6.07 Å². The summed E-state index contributed by atoms with van der Waals surface area (Å²) in [7, 11) is -3.60. The molecule has 1 aromatic carbocycles. The van der Waals surface area contributed by atoms with Crippen molar-refractivity contribution in [3.05, 3.63) is 41.7 Å². The molecule has 2 aromatic heterocycles. The number of hydrogen-bond acceptors (Lipinski definition) is 8. The van der Waals surface area contributed by atoms with Gasteiger partial charge in [-0.2, -0.15) is 13.2 Å². The van der Waals surface area contributed by atoms with Gasteiger partial charge in [0.25, 0.3) is 0 Å². The van der Waals surface area contributed by atoms with Crippen LogP contribution in [0, 0.1) is 0 Å². The van der Waals surface area contributed by atoms with Gasteiger partial charge < -0.3 is 4.90 Å². The van der Waals surface area contributed by atoms with Gasteiger partial charge in [0.1, 0.15) is 0 Å². The Morgan fingerprint density at radius 3 is 2.45 bits per heavy atom. The van der Waals surface area contributed by atoms with Crippen LogP contribution in [0.15, 0.2) is 45.4 Å². The van der Waals surface area contributed by atoms with E-state index in [-0.39, 0.29) is 10.9 Å². The number of halogens is 3. The van der Waals surface area contributed by atoms with Crippen molar-refractivity contribution in [1.82, 2.24) is 19.9 Å². The van der Waals surface area contributed by atoms with E-state index in [9.17, 15) is 22.2 Å². The van der Waals surface area contributed by atoms with E-state index in [1.165, 1.54) is 5.56 Å². The zero-order chi connectivity index (χ0) is 23.8. The van der Waals surface area contributed by atoms with Gasteiger partial charge >= 0.3 is 12.1 Å². The zero-order valence-electron chi connectivity index (χ0n) is 17.8. The SMILES string of the molecule is C[C@H](c1ccc2scnc2c1)N1CCN(c2ncc(S(C)(=O)=NC(=O)C(F)(F)F)cn2)CC1. The van der Waals surface area contributed by atoms with E-state index in [0.717, 1.165) is 42.0 Å². The Balaban J connectivity index is 1.41. The van der Waals surface area contributed by atoms with Crippen molar-refractivity contribution in [2.45, 2.75) is 24.0 Å². The highest BCUT2D eigenvalue weighted by Crippen LogP contribution is 2.27. The molecule has 0 aliphatic carbocycles. The number of carbonyl (C=O) groups is 1. The van der Waals surface area contributed by atoms with Crippen LogP contribution in [-0.4, -0.2) is 68.6 Å². The van der Waals surface area contributed by atoms with Crippen LogP contribution in [0.1, 0.15) is 18.5 Å². The number of anilines is 1. The molecular weight excluding hydrogens is 477 g/mol. The molecule has 0 N–H and O–H groups in total. The van der Waals surface area contributed by atoms with Crippen molar-refractivity contribution in [2.75, 3.05) is 37.3 Å². The predicted octanol–water partition coefficient (Wildman–Crippen LogP) is 3.52. The van der Waals surface area contributed by atoms with Crippen LogP contribution in [-0.2, 0) is 14.5 Å². The molecule has 1 saturated heterocycles. The molecule has 176 valence electrons. The summed E-state index contributed by atoms with van der Waals surface area (Å²) in [6.45, 7) is 4.99. The third kappa shape index (κ3) is 5.14. The maximum atomic E-state index is 12.5. The first kappa shape index (κ1) is 23.5. The highest BCUT2D eigenvalue weighted by molar-refractivity contribution is 7.93. The van der Waals surface area contributed by atoms with Gasteiger partial charge in [0.15, 0.2) is 0 Å². The van der Waals surface area contributed by atoms with E-state index in [4.69, 9.17) is 0 Å². The van der Waals surface area contributed by atoms with Gasteiger partial charge in [0.05, 0.1) is 30.4 Å². The quantitative estimate of drug-likeness (QED) is 0.544. The number of alkyl halides is 3. The van der Waals surface area contributed by atoms with E-state index in [1.54, 1.807) is 11.3 Å². The molecule has 0 spiro atoms. The molecule has 2 atom stereocenters. The lowest BCUT2D eigenvalue weighted by Gasteiger charge is -2.38. The number of nitrogens with zero attached hydrogens (tertiary/aromatic N) is 6. The number of piperazine rings is 1. The highest BCUT2D eigenvalue weighted by Gasteiger charge is 2.39. The van der Waals surface area contributed by atoms with Gasteiger partial charge in [-0.15, -0.1) is 15.7 Å². The average Bonchev–Trinajstić information content (AvgIpc) is 3.26. The fourth-order valence-corrected chi connectivity index (χ4v) is 5.27. The van der Waals surface area contributed by atoms with E-state index >= 15 is 0 Å². The second kappa shape index (κ2) is 8.95. The summed E-state index contributed by atoms with van der Waals surface area (Å²) >= 11 is 1.61. The summed E-state index contributed by atoms with van der Waals surface area (Å²) in [4.78, 5) is 27.9. The molecule has 3 aromatic rings. The van der Waals surface area contributed by atoms with Crippen molar-refractivity contribution in [3.63, 3.8) is 0 Å². The summed E-state index contributed by atoms with van der Waals surface area (Å²) in [6.07, 6.45) is -1.90. The Morgan fingerprint density at radius 1 is 1.15 bits per heavy atom. The summed E-state index contributed by atoms with van der Waals surface area (Å²) in [5.74, 6) is -2.01. The molecule has 1 fully saturated rings. The molecule has 1 unspecified atom stereocenters. The molecule has 0 radical (unpaired) electrons. The molecule has 4 rings (SSSR count). The van der Waals surface area contributed by atoms with Crippen LogP contribution in [0.4, 0.5) is 19.1 Å². The summed E-state index contributed by atoms with van der Waals surface area (Å²) in [5.41, 5.74) is 4.02. The molecule has 1 amide bonds. The summed E-state index contributed by atoms with van der Waals surface area (Å²) < 4.78 is 53.8. The minimum atomic E-state index is -5.18. The van der Waals surface area contributed by atoms with E-state index in [1.807, 2.05) is 10.4 Å². The lowest BCUT2D eigenvalue weighted by molar-refractivity contribution is -0.169. The van der Waals surface area contributed by atoms with Crippen LogP contribution in [0.2, 0.25) is 0 Å². The van der Waals surface area contributed by atoms with Gasteiger partial charge in [0.2, 0.25) is 5.95 Å². The molecule has 13 heteroatoms. The molecular formula is C20H21F3N6O2S2. The van der Waals surface area contributed by atoms with Gasteiger partial charge in [-0.25, -0.2) is 19.2 Å². The van der Waals surface area contributed by atoms with Crippen LogP contribution in [0.3, 0.4) is 0 Å². The Morgan fingerprint density at radius 2 is 1.82 bits per heavy atom. The molecule has 0 saturated carbocycles. The Hall–Kier alpha value is -2.64. The number of rotatable bonds is 4. The van der Waals surface area contributed by atoms with Crippen molar-refractivity contribution >= 4 is 43.1 Å². The monoisotopic (exact) mass is 498 g/mol.